The van der Waals surface area contributed by atoms with Crippen LogP contribution in [0.3, 0.4) is 0 Å². The summed E-state index contributed by atoms with van der Waals surface area (Å²) >= 11 is 9.56. The van der Waals surface area contributed by atoms with Crippen molar-refractivity contribution in [1.29, 1.82) is 5.26 Å². The molecule has 0 fully saturated rings. The summed E-state index contributed by atoms with van der Waals surface area (Å²) in [4.78, 5) is 8.25. The number of rotatable bonds is 4. The Labute approximate surface area is 191 Å². The maximum absolute atomic E-state index is 9.86. The maximum Gasteiger partial charge on any atom is 0.142 e. The van der Waals surface area contributed by atoms with Crippen LogP contribution in [0.5, 0.6) is 0 Å². The lowest BCUT2D eigenvalue weighted by Gasteiger charge is -2.18. The summed E-state index contributed by atoms with van der Waals surface area (Å²) in [7, 11) is 0. The molecule has 0 unspecified atom stereocenters. The van der Waals surface area contributed by atoms with Crippen molar-refractivity contribution in [3.63, 3.8) is 0 Å². The van der Waals surface area contributed by atoms with Crippen molar-refractivity contribution in [2.24, 2.45) is 0 Å². The van der Waals surface area contributed by atoms with Gasteiger partial charge in [0, 0.05) is 36.7 Å². The maximum atomic E-state index is 9.86. The highest BCUT2D eigenvalue weighted by atomic mass is 35.5. The highest BCUT2D eigenvalue weighted by Crippen LogP contribution is 2.41. The number of nitriles is 1. The molecule has 2 aromatic heterocycles. The van der Waals surface area contributed by atoms with E-state index in [-0.39, 0.29) is 0 Å². The van der Waals surface area contributed by atoms with Crippen LogP contribution in [-0.4, -0.2) is 4.98 Å². The highest BCUT2D eigenvalue weighted by Gasteiger charge is 2.22. The molecule has 154 valence electrons. The van der Waals surface area contributed by atoms with Gasteiger partial charge in [-0.2, -0.15) is 5.26 Å². The monoisotopic (exact) mass is 453 g/mol. The molecular weight excluding hydrogens is 430 g/mol. The number of thioether (sulfide) groups is 1. The Balaban J connectivity index is 1.70. The number of nitrogens with two attached hydrogens (primary N) is 1. The van der Waals surface area contributed by atoms with E-state index in [1.54, 1.807) is 23.1 Å². The number of anilines is 1. The van der Waals surface area contributed by atoms with E-state index >= 15 is 0 Å². The molecule has 1 aromatic carbocycles. The summed E-state index contributed by atoms with van der Waals surface area (Å²) < 4.78 is 0. The molecule has 6 heteroatoms. The van der Waals surface area contributed by atoms with Gasteiger partial charge in [0.05, 0.1) is 0 Å². The quantitative estimate of drug-likeness (QED) is 0.425. The van der Waals surface area contributed by atoms with E-state index in [0.717, 1.165) is 52.6 Å². The molecule has 3 nitrogen and oxygen atoms in total. The van der Waals surface area contributed by atoms with Crippen molar-refractivity contribution < 1.29 is 0 Å². The molecule has 0 aliphatic heterocycles. The number of hydrogen-bond donors (Lipinski definition) is 1. The average Bonchev–Trinajstić information content (AvgIpc) is 3.08. The van der Waals surface area contributed by atoms with Crippen molar-refractivity contribution in [2.75, 3.05) is 5.73 Å². The first-order chi connectivity index (χ1) is 14.6. The Bertz CT molecular complexity index is 1100. The average molecular weight is 454 g/mol. The Morgan fingerprint density at radius 2 is 1.90 bits per heavy atom. The van der Waals surface area contributed by atoms with Crippen LogP contribution in [0.2, 0.25) is 5.02 Å². The van der Waals surface area contributed by atoms with Gasteiger partial charge in [0.15, 0.2) is 0 Å². The summed E-state index contributed by atoms with van der Waals surface area (Å²) in [6, 6.07) is 12.5. The zero-order chi connectivity index (χ0) is 21.1. The minimum atomic E-state index is 0.370. The van der Waals surface area contributed by atoms with Gasteiger partial charge in [0.2, 0.25) is 0 Å². The molecule has 0 atom stereocenters. The number of nitrogens with zero attached hydrogens (tertiary/aromatic N) is 2. The molecule has 4 rings (SSSR count). The lowest BCUT2D eigenvalue weighted by atomic mass is 9.90. The van der Waals surface area contributed by atoms with Gasteiger partial charge in [0.1, 0.15) is 17.5 Å². The first-order valence-corrected chi connectivity index (χ1v) is 12.4. The number of pyridine rings is 1. The number of fused-ring (bicyclic) bond motifs is 1. The molecule has 30 heavy (non-hydrogen) atoms. The standard InChI is InChI=1S/C24H24ClN3S2/c1-15-16(14-29-18-10-8-17(25)9-11-18)12-22(30-15)23-19-6-4-2-3-5-7-21(19)28-24(27)20(23)13-26/h8-12H,2-7,14H2,1H3,(H2,27,28). The molecule has 2 heterocycles. The second-order valence-electron chi connectivity index (χ2n) is 7.63. The Hall–Kier alpha value is -2.00. The molecule has 0 radical (unpaired) electrons. The third-order valence-electron chi connectivity index (χ3n) is 5.59. The summed E-state index contributed by atoms with van der Waals surface area (Å²) in [5.41, 5.74) is 11.4. The van der Waals surface area contributed by atoms with E-state index in [1.807, 2.05) is 12.1 Å². The molecule has 0 saturated heterocycles. The molecule has 0 bridgehead atoms. The van der Waals surface area contributed by atoms with Gasteiger partial charge >= 0.3 is 0 Å². The lowest BCUT2D eigenvalue weighted by molar-refractivity contribution is 0.610. The van der Waals surface area contributed by atoms with E-state index in [9.17, 15) is 5.26 Å². The summed E-state index contributed by atoms with van der Waals surface area (Å²) in [5.74, 6) is 1.25. The molecule has 0 amide bonds. The topological polar surface area (TPSA) is 62.7 Å². The fourth-order valence-corrected chi connectivity index (χ4v) is 6.27. The molecular formula is C24H24ClN3S2. The third-order valence-corrected chi connectivity index (χ3v) is 8.01. The largest absolute Gasteiger partial charge is 0.383 e. The van der Waals surface area contributed by atoms with E-state index < -0.39 is 0 Å². The van der Waals surface area contributed by atoms with Crippen LogP contribution in [0.25, 0.3) is 10.4 Å². The summed E-state index contributed by atoms with van der Waals surface area (Å²) in [5, 5.41) is 10.6. The molecule has 0 spiro atoms. The SMILES string of the molecule is Cc1sc(-c2c(C#N)c(N)nc3c2CCCCCC3)cc1CSc1ccc(Cl)cc1. The second kappa shape index (κ2) is 9.43. The number of halogens is 1. The van der Waals surface area contributed by atoms with E-state index in [2.05, 4.69) is 36.2 Å². The van der Waals surface area contributed by atoms with Crippen molar-refractivity contribution in [3.8, 4) is 16.5 Å². The number of hydrogen-bond acceptors (Lipinski definition) is 5. The first-order valence-electron chi connectivity index (χ1n) is 10.3. The molecule has 0 saturated carbocycles. The molecule has 3 aromatic rings. The van der Waals surface area contributed by atoms with Crippen LogP contribution in [-0.2, 0) is 18.6 Å². The van der Waals surface area contributed by atoms with Gasteiger partial charge in [-0.3, -0.25) is 0 Å². The minimum Gasteiger partial charge on any atom is -0.383 e. The zero-order valence-electron chi connectivity index (χ0n) is 17.0. The smallest absolute Gasteiger partial charge is 0.142 e. The van der Waals surface area contributed by atoms with Gasteiger partial charge in [-0.25, -0.2) is 4.98 Å². The van der Waals surface area contributed by atoms with Gasteiger partial charge in [-0.1, -0.05) is 24.4 Å². The van der Waals surface area contributed by atoms with Crippen LogP contribution >= 0.6 is 34.7 Å². The number of thiophene rings is 1. The first kappa shape index (κ1) is 21.2. The van der Waals surface area contributed by atoms with Crippen LogP contribution in [0.4, 0.5) is 5.82 Å². The predicted octanol–water partition coefficient (Wildman–Crippen LogP) is 7.18. The number of aryl methyl sites for hydroxylation is 2. The number of nitrogen functional groups attached to an aromatic ring is 1. The Morgan fingerprint density at radius 1 is 1.17 bits per heavy atom. The van der Waals surface area contributed by atoms with E-state index in [1.165, 1.54) is 33.7 Å². The fraction of sp³-hybridized carbons (Fsp3) is 0.333. The van der Waals surface area contributed by atoms with Gasteiger partial charge < -0.3 is 5.73 Å². The number of aromatic nitrogens is 1. The normalized spacial score (nSPS) is 13.9. The van der Waals surface area contributed by atoms with E-state index in [4.69, 9.17) is 17.3 Å². The van der Waals surface area contributed by atoms with Crippen LogP contribution in [0.1, 0.15) is 52.9 Å². The molecule has 2 N–H and O–H groups in total. The predicted molar refractivity (Wildman–Crippen MR) is 128 cm³/mol. The molecule has 1 aliphatic carbocycles. The Morgan fingerprint density at radius 3 is 2.63 bits per heavy atom. The zero-order valence-corrected chi connectivity index (χ0v) is 19.4. The van der Waals surface area contributed by atoms with Gasteiger partial charge in [-0.05, 0) is 74.1 Å². The molecule has 1 aliphatic rings. The van der Waals surface area contributed by atoms with Crippen LogP contribution in [0, 0.1) is 18.3 Å². The van der Waals surface area contributed by atoms with Crippen molar-refractivity contribution in [3.05, 3.63) is 62.6 Å². The van der Waals surface area contributed by atoms with Crippen molar-refractivity contribution in [2.45, 2.75) is 56.1 Å². The van der Waals surface area contributed by atoms with Gasteiger partial charge in [0.25, 0.3) is 0 Å². The van der Waals surface area contributed by atoms with Crippen molar-refractivity contribution >= 4 is 40.5 Å². The second-order valence-corrected chi connectivity index (χ2v) is 10.4. The van der Waals surface area contributed by atoms with E-state index in [0.29, 0.717) is 11.4 Å². The van der Waals surface area contributed by atoms with Crippen LogP contribution in [0.15, 0.2) is 35.2 Å². The Kier molecular flexibility index (Phi) is 6.67. The van der Waals surface area contributed by atoms with Gasteiger partial charge in [-0.15, -0.1) is 23.1 Å². The highest BCUT2D eigenvalue weighted by molar-refractivity contribution is 7.98. The number of benzene rings is 1. The lowest BCUT2D eigenvalue weighted by Crippen LogP contribution is -2.09. The minimum absolute atomic E-state index is 0.370. The van der Waals surface area contributed by atoms with Crippen molar-refractivity contribution in [1.82, 2.24) is 4.98 Å². The summed E-state index contributed by atoms with van der Waals surface area (Å²) in [6.45, 7) is 2.16. The third kappa shape index (κ3) is 4.51. The van der Waals surface area contributed by atoms with Crippen LogP contribution < -0.4 is 5.73 Å². The fourth-order valence-electron chi connectivity index (χ4n) is 3.98. The summed E-state index contributed by atoms with van der Waals surface area (Å²) in [6.07, 6.45) is 6.66.